The maximum Gasteiger partial charge on any atom is 0.305 e. The van der Waals surface area contributed by atoms with E-state index >= 15 is 0 Å². The molecule has 1 aliphatic rings. The number of likely N-dealkylation sites (tertiary alicyclic amines) is 1. The number of carboxylic acids is 1. The minimum absolute atomic E-state index is 0.0242. The van der Waals surface area contributed by atoms with Gasteiger partial charge in [0.05, 0.1) is 12.5 Å². The second kappa shape index (κ2) is 5.39. The monoisotopic (exact) mass is 250 g/mol. The standard InChI is InChI=1S/C10H16F2N2O3/c1-13-7(6-8(15)16)9(17)14-4-2-10(11,12)3-5-14/h7,13H,2-6H2,1H3,(H,15,16)/t7-/m0/s1. The van der Waals surface area contributed by atoms with Gasteiger partial charge in [0, 0.05) is 25.9 Å². The van der Waals surface area contributed by atoms with Crippen molar-refractivity contribution in [2.24, 2.45) is 0 Å². The lowest BCUT2D eigenvalue weighted by molar-refractivity contribution is -0.145. The molecule has 1 atom stereocenters. The van der Waals surface area contributed by atoms with Crippen LogP contribution in [0.4, 0.5) is 8.78 Å². The summed E-state index contributed by atoms with van der Waals surface area (Å²) in [5.41, 5.74) is 0. The van der Waals surface area contributed by atoms with E-state index in [0.29, 0.717) is 0 Å². The summed E-state index contributed by atoms with van der Waals surface area (Å²) in [6, 6.07) is -0.848. The van der Waals surface area contributed by atoms with E-state index in [1.807, 2.05) is 0 Å². The van der Waals surface area contributed by atoms with Gasteiger partial charge in [-0.2, -0.15) is 0 Å². The van der Waals surface area contributed by atoms with Crippen molar-refractivity contribution in [3.8, 4) is 0 Å². The third kappa shape index (κ3) is 3.92. The number of rotatable bonds is 4. The summed E-state index contributed by atoms with van der Waals surface area (Å²) in [5.74, 6) is -4.23. The molecule has 0 aromatic heterocycles. The number of piperidine rings is 1. The Labute approximate surface area is 97.8 Å². The Hall–Kier alpha value is -1.24. The van der Waals surface area contributed by atoms with Gasteiger partial charge in [-0.1, -0.05) is 0 Å². The summed E-state index contributed by atoms with van der Waals surface area (Å²) in [5, 5.41) is 11.2. The van der Waals surface area contributed by atoms with Crippen LogP contribution in [-0.2, 0) is 9.59 Å². The lowest BCUT2D eigenvalue weighted by atomic mass is 10.1. The van der Waals surface area contributed by atoms with Gasteiger partial charge >= 0.3 is 5.97 Å². The van der Waals surface area contributed by atoms with Crippen LogP contribution in [0.5, 0.6) is 0 Å². The average molecular weight is 250 g/mol. The number of carbonyl (C=O) groups excluding carboxylic acids is 1. The normalized spacial score (nSPS) is 21.0. The predicted molar refractivity (Wildman–Crippen MR) is 55.9 cm³/mol. The number of nitrogens with zero attached hydrogens (tertiary/aromatic N) is 1. The molecule has 0 saturated carbocycles. The summed E-state index contributed by atoms with van der Waals surface area (Å²) in [6.07, 6.45) is -1.06. The van der Waals surface area contributed by atoms with Gasteiger partial charge in [0.25, 0.3) is 5.92 Å². The molecule has 17 heavy (non-hydrogen) atoms. The van der Waals surface area contributed by atoms with Crippen LogP contribution in [0.3, 0.4) is 0 Å². The van der Waals surface area contributed by atoms with E-state index in [2.05, 4.69) is 5.32 Å². The maximum absolute atomic E-state index is 12.9. The molecule has 1 saturated heterocycles. The first-order chi connectivity index (χ1) is 7.85. The van der Waals surface area contributed by atoms with Crippen LogP contribution in [0.15, 0.2) is 0 Å². The highest BCUT2D eigenvalue weighted by Gasteiger charge is 2.37. The molecule has 1 fully saturated rings. The Morgan fingerprint density at radius 2 is 1.94 bits per heavy atom. The van der Waals surface area contributed by atoms with Crippen LogP contribution in [0, 0.1) is 0 Å². The van der Waals surface area contributed by atoms with Crippen molar-refractivity contribution in [1.82, 2.24) is 10.2 Å². The van der Waals surface area contributed by atoms with Crippen molar-refractivity contribution >= 4 is 11.9 Å². The zero-order valence-electron chi connectivity index (χ0n) is 9.58. The number of likely N-dealkylation sites (N-methyl/N-ethyl adjacent to an activating group) is 1. The number of hydrogen-bond donors (Lipinski definition) is 2. The van der Waals surface area contributed by atoms with Gasteiger partial charge in [0.1, 0.15) is 0 Å². The molecule has 2 N–H and O–H groups in total. The molecule has 0 aromatic carbocycles. The molecule has 0 aliphatic carbocycles. The van der Waals surface area contributed by atoms with Crippen molar-refractivity contribution in [3.05, 3.63) is 0 Å². The van der Waals surface area contributed by atoms with Crippen molar-refractivity contribution in [2.45, 2.75) is 31.2 Å². The molecule has 1 heterocycles. The minimum atomic E-state index is -2.71. The van der Waals surface area contributed by atoms with Gasteiger partial charge in [0.2, 0.25) is 5.91 Å². The molecule has 1 rings (SSSR count). The predicted octanol–water partition coefficient (Wildman–Crippen LogP) is 0.307. The SMILES string of the molecule is CN[C@@H](CC(=O)O)C(=O)N1CCC(F)(F)CC1. The summed E-state index contributed by atoms with van der Waals surface area (Å²) in [7, 11) is 1.48. The van der Waals surface area contributed by atoms with Gasteiger partial charge in [0.15, 0.2) is 0 Å². The Morgan fingerprint density at radius 1 is 1.41 bits per heavy atom. The molecule has 5 nitrogen and oxygen atoms in total. The number of aliphatic carboxylic acids is 1. The van der Waals surface area contributed by atoms with E-state index in [0.717, 1.165) is 0 Å². The fourth-order valence-corrected chi connectivity index (χ4v) is 1.76. The number of alkyl halides is 2. The zero-order chi connectivity index (χ0) is 13.1. The molecule has 0 spiro atoms. The van der Waals surface area contributed by atoms with E-state index in [-0.39, 0.29) is 32.4 Å². The van der Waals surface area contributed by atoms with E-state index in [9.17, 15) is 18.4 Å². The van der Waals surface area contributed by atoms with Crippen molar-refractivity contribution in [1.29, 1.82) is 0 Å². The summed E-state index contributed by atoms with van der Waals surface area (Å²) in [6.45, 7) is -0.0483. The number of halogens is 2. The lowest BCUT2D eigenvalue weighted by Gasteiger charge is -2.33. The molecule has 1 amide bonds. The van der Waals surface area contributed by atoms with E-state index in [1.165, 1.54) is 11.9 Å². The van der Waals surface area contributed by atoms with Crippen LogP contribution in [0.25, 0.3) is 0 Å². The van der Waals surface area contributed by atoms with Gasteiger partial charge < -0.3 is 15.3 Å². The highest BCUT2D eigenvalue weighted by molar-refractivity contribution is 5.86. The van der Waals surface area contributed by atoms with Crippen LogP contribution in [-0.4, -0.2) is 54.0 Å². The summed E-state index contributed by atoms with van der Waals surface area (Å²) in [4.78, 5) is 23.7. The highest BCUT2D eigenvalue weighted by Crippen LogP contribution is 2.27. The summed E-state index contributed by atoms with van der Waals surface area (Å²) < 4.78 is 25.8. The number of nitrogens with one attached hydrogen (secondary N) is 1. The third-order valence-electron chi connectivity index (χ3n) is 2.83. The Bertz CT molecular complexity index is 300. The largest absolute Gasteiger partial charge is 0.481 e. The quantitative estimate of drug-likeness (QED) is 0.753. The van der Waals surface area contributed by atoms with Crippen LogP contribution >= 0.6 is 0 Å². The molecule has 7 heteroatoms. The molecule has 0 bridgehead atoms. The van der Waals surface area contributed by atoms with Crippen molar-refractivity contribution < 1.29 is 23.5 Å². The Kier molecular flexibility index (Phi) is 4.39. The zero-order valence-corrected chi connectivity index (χ0v) is 9.58. The number of carbonyl (C=O) groups is 2. The second-order valence-electron chi connectivity index (χ2n) is 4.12. The van der Waals surface area contributed by atoms with Crippen LogP contribution in [0.2, 0.25) is 0 Å². The lowest BCUT2D eigenvalue weighted by Crippen LogP contribution is -2.50. The molecular formula is C10H16F2N2O3. The van der Waals surface area contributed by atoms with Crippen LogP contribution in [0.1, 0.15) is 19.3 Å². The van der Waals surface area contributed by atoms with E-state index < -0.39 is 23.8 Å². The smallest absolute Gasteiger partial charge is 0.305 e. The first-order valence-electron chi connectivity index (χ1n) is 5.41. The number of carboxylic acid groups (broad SMARTS) is 1. The number of hydrogen-bond acceptors (Lipinski definition) is 3. The van der Waals surface area contributed by atoms with Crippen molar-refractivity contribution in [2.75, 3.05) is 20.1 Å². The van der Waals surface area contributed by atoms with Gasteiger partial charge in [-0.05, 0) is 7.05 Å². The number of amides is 1. The first-order valence-corrected chi connectivity index (χ1v) is 5.41. The maximum atomic E-state index is 12.9. The van der Waals surface area contributed by atoms with Gasteiger partial charge in [-0.25, -0.2) is 8.78 Å². The molecular weight excluding hydrogens is 234 g/mol. The molecule has 0 radical (unpaired) electrons. The first kappa shape index (κ1) is 13.8. The molecule has 0 aromatic rings. The molecule has 1 aliphatic heterocycles. The molecule has 98 valence electrons. The van der Waals surface area contributed by atoms with Crippen LogP contribution < -0.4 is 5.32 Å². The highest BCUT2D eigenvalue weighted by atomic mass is 19.3. The summed E-state index contributed by atoms with van der Waals surface area (Å²) >= 11 is 0. The average Bonchev–Trinajstić information content (AvgIpc) is 2.24. The van der Waals surface area contributed by atoms with Crippen molar-refractivity contribution in [3.63, 3.8) is 0 Å². The fraction of sp³-hybridized carbons (Fsp3) is 0.800. The molecule has 0 unspecified atom stereocenters. The Balaban J connectivity index is 2.55. The van der Waals surface area contributed by atoms with Gasteiger partial charge in [-0.3, -0.25) is 9.59 Å². The Morgan fingerprint density at radius 3 is 2.35 bits per heavy atom. The van der Waals surface area contributed by atoms with E-state index in [1.54, 1.807) is 0 Å². The van der Waals surface area contributed by atoms with E-state index in [4.69, 9.17) is 5.11 Å². The minimum Gasteiger partial charge on any atom is -0.481 e. The topological polar surface area (TPSA) is 69.6 Å². The fourth-order valence-electron chi connectivity index (χ4n) is 1.76. The third-order valence-corrected chi connectivity index (χ3v) is 2.83. The van der Waals surface area contributed by atoms with Gasteiger partial charge in [-0.15, -0.1) is 0 Å². The second-order valence-corrected chi connectivity index (χ2v) is 4.12.